The number of benzene rings is 2. The van der Waals surface area contributed by atoms with Crippen LogP contribution in [0.2, 0.25) is 10.0 Å². The summed E-state index contributed by atoms with van der Waals surface area (Å²) in [5.74, 6) is -0.560. The van der Waals surface area contributed by atoms with Crippen LogP contribution in [-0.2, 0) is 16.6 Å². The molecule has 0 spiro atoms. The number of nitrogen functional groups attached to an aromatic ring is 1. The fraction of sp³-hybridized carbons (Fsp3) is 0.0769. The highest BCUT2D eigenvalue weighted by molar-refractivity contribution is 7.84. The van der Waals surface area contributed by atoms with Gasteiger partial charge in [-0.05, 0) is 24.3 Å². The van der Waals surface area contributed by atoms with Crippen molar-refractivity contribution in [2.24, 2.45) is 0 Å². The van der Waals surface area contributed by atoms with Crippen molar-refractivity contribution in [2.75, 3.05) is 5.73 Å². The molecule has 0 saturated carbocycles. The highest BCUT2D eigenvalue weighted by atomic mass is 35.5. The van der Waals surface area contributed by atoms with Crippen LogP contribution in [0.25, 0.3) is 0 Å². The lowest BCUT2D eigenvalue weighted by molar-refractivity contribution is 0.615. The van der Waals surface area contributed by atoms with Crippen LogP contribution in [0.4, 0.5) is 10.1 Å². The van der Waals surface area contributed by atoms with Crippen LogP contribution in [0.3, 0.4) is 0 Å². The summed E-state index contributed by atoms with van der Waals surface area (Å²) >= 11 is 11.5. The minimum absolute atomic E-state index is 0.00304. The van der Waals surface area contributed by atoms with Crippen molar-refractivity contribution in [3.05, 3.63) is 57.8 Å². The number of hydrogen-bond donors (Lipinski definition) is 1. The van der Waals surface area contributed by atoms with Gasteiger partial charge in [-0.2, -0.15) is 0 Å². The summed E-state index contributed by atoms with van der Waals surface area (Å²) in [6.07, 6.45) is 0. The topological polar surface area (TPSA) is 43.1 Å². The minimum atomic E-state index is -1.48. The van der Waals surface area contributed by atoms with E-state index in [9.17, 15) is 8.60 Å². The average molecular weight is 318 g/mol. The van der Waals surface area contributed by atoms with Gasteiger partial charge in [-0.15, -0.1) is 0 Å². The third kappa shape index (κ3) is 3.26. The lowest BCUT2D eigenvalue weighted by atomic mass is 10.2. The van der Waals surface area contributed by atoms with E-state index < -0.39 is 16.6 Å². The van der Waals surface area contributed by atoms with E-state index in [4.69, 9.17) is 28.9 Å². The first-order valence-electron chi connectivity index (χ1n) is 5.35. The Morgan fingerprint density at radius 2 is 1.95 bits per heavy atom. The molecule has 0 heterocycles. The molecule has 2 rings (SSSR count). The third-order valence-electron chi connectivity index (χ3n) is 2.54. The van der Waals surface area contributed by atoms with Crippen LogP contribution in [0.5, 0.6) is 0 Å². The highest BCUT2D eigenvalue weighted by Crippen LogP contribution is 2.25. The molecule has 0 aromatic heterocycles. The molecule has 0 saturated heterocycles. The SMILES string of the molecule is Nc1ccc(Cl)cc1S(=O)Cc1cccc(Cl)c1F. The van der Waals surface area contributed by atoms with Crippen molar-refractivity contribution in [3.63, 3.8) is 0 Å². The molecule has 6 heteroatoms. The van der Waals surface area contributed by atoms with Crippen molar-refractivity contribution in [1.82, 2.24) is 0 Å². The summed E-state index contributed by atoms with van der Waals surface area (Å²) in [4.78, 5) is 0.395. The Morgan fingerprint density at radius 1 is 1.21 bits per heavy atom. The molecule has 0 aliphatic carbocycles. The second kappa shape index (κ2) is 5.90. The van der Waals surface area contributed by atoms with Gasteiger partial charge in [0, 0.05) is 16.3 Å². The van der Waals surface area contributed by atoms with Crippen LogP contribution >= 0.6 is 23.2 Å². The Labute approximate surface area is 122 Å². The standard InChI is InChI=1S/C13H10Cl2FNOS/c14-9-4-5-11(17)12(6-9)19(18)7-8-2-1-3-10(15)13(8)16/h1-6H,7,17H2. The maximum absolute atomic E-state index is 13.7. The average Bonchev–Trinajstić information content (AvgIpc) is 2.38. The van der Waals surface area contributed by atoms with Crippen molar-refractivity contribution < 1.29 is 8.60 Å². The van der Waals surface area contributed by atoms with Gasteiger partial charge in [0.25, 0.3) is 0 Å². The van der Waals surface area contributed by atoms with Crippen LogP contribution in [-0.4, -0.2) is 4.21 Å². The number of hydrogen-bond acceptors (Lipinski definition) is 2. The molecule has 1 unspecified atom stereocenters. The molecule has 19 heavy (non-hydrogen) atoms. The molecule has 0 radical (unpaired) electrons. The van der Waals surface area contributed by atoms with Gasteiger partial charge in [0.15, 0.2) is 0 Å². The summed E-state index contributed by atoms with van der Waals surface area (Å²) in [6.45, 7) is 0. The summed E-state index contributed by atoms with van der Waals surface area (Å²) in [5, 5.41) is 0.442. The van der Waals surface area contributed by atoms with Gasteiger partial charge < -0.3 is 5.73 Å². The summed E-state index contributed by atoms with van der Waals surface area (Å²) in [7, 11) is -1.48. The fourth-order valence-corrected chi connectivity index (χ4v) is 3.27. The quantitative estimate of drug-likeness (QED) is 0.869. The third-order valence-corrected chi connectivity index (χ3v) is 4.48. The van der Waals surface area contributed by atoms with E-state index in [0.29, 0.717) is 15.6 Å². The lowest BCUT2D eigenvalue weighted by Gasteiger charge is -2.08. The molecule has 2 nitrogen and oxygen atoms in total. The Balaban J connectivity index is 2.31. The van der Waals surface area contributed by atoms with E-state index >= 15 is 0 Å². The van der Waals surface area contributed by atoms with Crippen molar-refractivity contribution >= 4 is 39.7 Å². The van der Waals surface area contributed by atoms with Gasteiger partial charge >= 0.3 is 0 Å². The first-order chi connectivity index (χ1) is 8.99. The van der Waals surface area contributed by atoms with Crippen LogP contribution in [0.1, 0.15) is 5.56 Å². The molecular formula is C13H10Cl2FNOS. The number of nitrogens with two attached hydrogens (primary N) is 1. The van der Waals surface area contributed by atoms with E-state index in [1.165, 1.54) is 12.1 Å². The van der Waals surface area contributed by atoms with Gasteiger partial charge in [-0.1, -0.05) is 35.3 Å². The monoisotopic (exact) mass is 317 g/mol. The fourth-order valence-electron chi connectivity index (χ4n) is 1.58. The highest BCUT2D eigenvalue weighted by Gasteiger charge is 2.13. The summed E-state index contributed by atoms with van der Waals surface area (Å²) in [5.41, 5.74) is 6.39. The Kier molecular flexibility index (Phi) is 4.45. The largest absolute Gasteiger partial charge is 0.398 e. The van der Waals surface area contributed by atoms with Crippen LogP contribution in [0, 0.1) is 5.82 Å². The molecule has 2 aromatic rings. The van der Waals surface area contributed by atoms with Crippen LogP contribution < -0.4 is 5.73 Å². The van der Waals surface area contributed by atoms with E-state index in [1.807, 2.05) is 0 Å². The summed E-state index contributed by atoms with van der Waals surface area (Å²) in [6, 6.07) is 9.30. The van der Waals surface area contributed by atoms with Gasteiger partial charge in [0.05, 0.1) is 26.5 Å². The predicted molar refractivity (Wildman–Crippen MR) is 77.4 cm³/mol. The Bertz CT molecular complexity index is 649. The van der Waals surface area contributed by atoms with Crippen molar-refractivity contribution in [2.45, 2.75) is 10.6 Å². The van der Waals surface area contributed by atoms with Gasteiger partial charge in [-0.3, -0.25) is 4.21 Å². The molecule has 100 valence electrons. The maximum atomic E-state index is 13.7. The van der Waals surface area contributed by atoms with E-state index in [2.05, 4.69) is 0 Å². The molecule has 0 aliphatic heterocycles. The van der Waals surface area contributed by atoms with E-state index in [1.54, 1.807) is 24.3 Å². The Hall–Kier alpha value is -1.10. The molecule has 0 amide bonds. The first kappa shape index (κ1) is 14.3. The van der Waals surface area contributed by atoms with Gasteiger partial charge in [0.1, 0.15) is 5.82 Å². The zero-order valence-electron chi connectivity index (χ0n) is 9.70. The molecule has 1 atom stereocenters. The zero-order valence-corrected chi connectivity index (χ0v) is 12.0. The Morgan fingerprint density at radius 3 is 2.68 bits per heavy atom. The normalized spacial score (nSPS) is 12.4. The van der Waals surface area contributed by atoms with Crippen molar-refractivity contribution in [1.29, 1.82) is 0 Å². The minimum Gasteiger partial charge on any atom is -0.398 e. The number of halogens is 3. The van der Waals surface area contributed by atoms with E-state index in [-0.39, 0.29) is 16.3 Å². The molecule has 0 aliphatic rings. The number of anilines is 1. The van der Waals surface area contributed by atoms with Crippen LogP contribution in [0.15, 0.2) is 41.3 Å². The van der Waals surface area contributed by atoms with Gasteiger partial charge in [0.2, 0.25) is 0 Å². The molecular weight excluding hydrogens is 308 g/mol. The second-order valence-corrected chi connectivity index (χ2v) is 6.15. The lowest BCUT2D eigenvalue weighted by Crippen LogP contribution is -2.02. The molecule has 2 N–H and O–H groups in total. The zero-order chi connectivity index (χ0) is 14.0. The predicted octanol–water partition coefficient (Wildman–Crippen LogP) is 4.02. The summed E-state index contributed by atoms with van der Waals surface area (Å²) < 4.78 is 25.9. The van der Waals surface area contributed by atoms with E-state index in [0.717, 1.165) is 0 Å². The first-order valence-corrected chi connectivity index (χ1v) is 7.43. The molecule has 0 bridgehead atoms. The molecule has 2 aromatic carbocycles. The molecule has 0 fully saturated rings. The second-order valence-electron chi connectivity index (χ2n) is 3.88. The smallest absolute Gasteiger partial charge is 0.145 e. The van der Waals surface area contributed by atoms with Gasteiger partial charge in [-0.25, -0.2) is 4.39 Å². The number of rotatable bonds is 3. The van der Waals surface area contributed by atoms with Crippen molar-refractivity contribution in [3.8, 4) is 0 Å². The maximum Gasteiger partial charge on any atom is 0.145 e.